The summed E-state index contributed by atoms with van der Waals surface area (Å²) in [6, 6.07) is 5.14. The Morgan fingerprint density at radius 1 is 1.37 bits per heavy atom. The number of hydrogen-bond donors (Lipinski definition) is 1. The van der Waals surface area contributed by atoms with Crippen LogP contribution in [0.3, 0.4) is 0 Å². The molecule has 5 heteroatoms. The Labute approximate surface area is 113 Å². The van der Waals surface area contributed by atoms with E-state index >= 15 is 0 Å². The second-order valence-corrected chi connectivity index (χ2v) is 4.06. The average molecular weight is 267 g/mol. The standard InChI is InChI=1S/C14H21NO4/c1-5-18-14(16)11(15-3)9-19-12-7-6-10(2)8-13(12)17-4/h6-8,11,15H,5,9H2,1-4H3. The smallest absolute Gasteiger partial charge is 0.326 e. The fourth-order valence-electron chi connectivity index (χ4n) is 1.58. The minimum atomic E-state index is -0.494. The predicted molar refractivity (Wildman–Crippen MR) is 72.7 cm³/mol. The molecule has 1 aromatic rings. The molecule has 1 unspecified atom stereocenters. The second-order valence-electron chi connectivity index (χ2n) is 4.06. The van der Waals surface area contributed by atoms with E-state index < -0.39 is 6.04 Å². The van der Waals surface area contributed by atoms with Gasteiger partial charge in [0.15, 0.2) is 11.5 Å². The summed E-state index contributed by atoms with van der Waals surface area (Å²) in [6.07, 6.45) is 0. The van der Waals surface area contributed by atoms with Crippen molar-refractivity contribution >= 4 is 5.97 Å². The number of nitrogens with one attached hydrogen (secondary N) is 1. The maximum Gasteiger partial charge on any atom is 0.326 e. The number of benzene rings is 1. The van der Waals surface area contributed by atoms with E-state index in [0.29, 0.717) is 18.1 Å². The summed E-state index contributed by atoms with van der Waals surface area (Å²) in [5.74, 6) is 0.937. The van der Waals surface area contributed by atoms with E-state index in [9.17, 15) is 4.79 Å². The molecule has 0 fully saturated rings. The summed E-state index contributed by atoms with van der Waals surface area (Å²) >= 11 is 0. The van der Waals surface area contributed by atoms with Crippen molar-refractivity contribution in [1.82, 2.24) is 5.32 Å². The quantitative estimate of drug-likeness (QED) is 0.759. The van der Waals surface area contributed by atoms with Gasteiger partial charge in [-0.15, -0.1) is 0 Å². The highest BCUT2D eigenvalue weighted by Crippen LogP contribution is 2.27. The molecule has 0 heterocycles. The maximum absolute atomic E-state index is 11.6. The molecule has 1 rings (SSSR count). The van der Waals surface area contributed by atoms with Crippen LogP contribution in [0.15, 0.2) is 18.2 Å². The lowest BCUT2D eigenvalue weighted by Gasteiger charge is -2.17. The van der Waals surface area contributed by atoms with E-state index in [1.54, 1.807) is 21.1 Å². The van der Waals surface area contributed by atoms with Gasteiger partial charge in [-0.05, 0) is 38.6 Å². The Kier molecular flexibility index (Phi) is 6.15. The van der Waals surface area contributed by atoms with Gasteiger partial charge < -0.3 is 19.5 Å². The lowest BCUT2D eigenvalue weighted by Crippen LogP contribution is -2.40. The summed E-state index contributed by atoms with van der Waals surface area (Å²) in [5, 5.41) is 2.87. The van der Waals surface area contributed by atoms with Crippen LogP contribution >= 0.6 is 0 Å². The topological polar surface area (TPSA) is 56.8 Å². The zero-order chi connectivity index (χ0) is 14.3. The normalized spacial score (nSPS) is 11.8. The molecule has 1 atom stereocenters. The molecule has 0 aromatic heterocycles. The molecule has 0 radical (unpaired) electrons. The van der Waals surface area contributed by atoms with Crippen molar-refractivity contribution < 1.29 is 19.0 Å². The largest absolute Gasteiger partial charge is 0.493 e. The Balaban J connectivity index is 2.67. The van der Waals surface area contributed by atoms with Crippen molar-refractivity contribution in [2.24, 2.45) is 0 Å². The molecule has 19 heavy (non-hydrogen) atoms. The van der Waals surface area contributed by atoms with Crippen molar-refractivity contribution in [3.05, 3.63) is 23.8 Å². The van der Waals surface area contributed by atoms with Crippen molar-refractivity contribution in [2.45, 2.75) is 19.9 Å². The summed E-state index contributed by atoms with van der Waals surface area (Å²) in [6.45, 7) is 4.29. The summed E-state index contributed by atoms with van der Waals surface area (Å²) in [7, 11) is 3.28. The SMILES string of the molecule is CCOC(=O)C(COc1ccc(C)cc1OC)NC. The van der Waals surface area contributed by atoms with E-state index in [2.05, 4.69) is 5.32 Å². The summed E-state index contributed by atoms with van der Waals surface area (Å²) in [4.78, 5) is 11.6. The van der Waals surface area contributed by atoms with Crippen LogP contribution in [0.1, 0.15) is 12.5 Å². The molecule has 106 valence electrons. The molecule has 1 aromatic carbocycles. The van der Waals surface area contributed by atoms with Crippen LogP contribution in [-0.4, -0.2) is 39.4 Å². The van der Waals surface area contributed by atoms with Gasteiger partial charge in [-0.2, -0.15) is 0 Å². The number of ether oxygens (including phenoxy) is 3. The van der Waals surface area contributed by atoms with Crippen LogP contribution in [0.25, 0.3) is 0 Å². The van der Waals surface area contributed by atoms with Crippen molar-refractivity contribution in [1.29, 1.82) is 0 Å². The third-order valence-corrected chi connectivity index (χ3v) is 2.64. The third kappa shape index (κ3) is 4.44. The van der Waals surface area contributed by atoms with Gasteiger partial charge in [-0.3, -0.25) is 4.79 Å². The van der Waals surface area contributed by atoms with Crippen LogP contribution in [0.2, 0.25) is 0 Å². The zero-order valence-corrected chi connectivity index (χ0v) is 11.9. The molecular formula is C14H21NO4. The van der Waals surface area contributed by atoms with Crippen LogP contribution < -0.4 is 14.8 Å². The lowest BCUT2D eigenvalue weighted by atomic mass is 10.2. The van der Waals surface area contributed by atoms with Crippen molar-refractivity contribution in [3.8, 4) is 11.5 Å². The van der Waals surface area contributed by atoms with E-state index in [-0.39, 0.29) is 12.6 Å². The van der Waals surface area contributed by atoms with Crippen molar-refractivity contribution in [2.75, 3.05) is 27.4 Å². The van der Waals surface area contributed by atoms with Crippen LogP contribution in [0, 0.1) is 6.92 Å². The van der Waals surface area contributed by atoms with Gasteiger partial charge in [0.25, 0.3) is 0 Å². The number of esters is 1. The maximum atomic E-state index is 11.6. The Bertz CT molecular complexity index is 420. The molecule has 0 amide bonds. The van der Waals surface area contributed by atoms with E-state index in [1.807, 2.05) is 25.1 Å². The lowest BCUT2D eigenvalue weighted by molar-refractivity contribution is -0.146. The van der Waals surface area contributed by atoms with Crippen molar-refractivity contribution in [3.63, 3.8) is 0 Å². The number of carbonyl (C=O) groups excluding carboxylic acids is 1. The molecule has 0 saturated heterocycles. The van der Waals surface area contributed by atoms with Gasteiger partial charge in [0.05, 0.1) is 13.7 Å². The fraction of sp³-hybridized carbons (Fsp3) is 0.500. The average Bonchev–Trinajstić information content (AvgIpc) is 2.41. The molecule has 0 aliphatic carbocycles. The van der Waals surface area contributed by atoms with Gasteiger partial charge >= 0.3 is 5.97 Å². The Morgan fingerprint density at radius 2 is 2.11 bits per heavy atom. The van der Waals surface area contributed by atoms with Gasteiger partial charge in [0, 0.05) is 0 Å². The van der Waals surface area contributed by atoms with E-state index in [4.69, 9.17) is 14.2 Å². The van der Waals surface area contributed by atoms with Crippen LogP contribution in [0.5, 0.6) is 11.5 Å². The molecule has 5 nitrogen and oxygen atoms in total. The first-order valence-corrected chi connectivity index (χ1v) is 6.23. The molecule has 0 bridgehead atoms. The molecule has 0 spiro atoms. The number of aryl methyl sites for hydroxylation is 1. The highest BCUT2D eigenvalue weighted by Gasteiger charge is 2.19. The number of rotatable bonds is 7. The third-order valence-electron chi connectivity index (χ3n) is 2.64. The first kappa shape index (κ1) is 15.3. The number of hydrogen-bond acceptors (Lipinski definition) is 5. The van der Waals surface area contributed by atoms with Gasteiger partial charge in [0.2, 0.25) is 0 Å². The van der Waals surface area contributed by atoms with Crippen LogP contribution in [-0.2, 0) is 9.53 Å². The highest BCUT2D eigenvalue weighted by atomic mass is 16.5. The Morgan fingerprint density at radius 3 is 2.68 bits per heavy atom. The van der Waals surface area contributed by atoms with Gasteiger partial charge in [0.1, 0.15) is 12.6 Å². The number of methoxy groups -OCH3 is 1. The molecular weight excluding hydrogens is 246 g/mol. The highest BCUT2D eigenvalue weighted by molar-refractivity contribution is 5.75. The first-order chi connectivity index (χ1) is 9.12. The Hall–Kier alpha value is -1.75. The summed E-state index contributed by atoms with van der Waals surface area (Å²) in [5.41, 5.74) is 1.08. The second kappa shape index (κ2) is 7.63. The predicted octanol–water partition coefficient (Wildman–Crippen LogP) is 1.53. The molecule has 0 aliphatic heterocycles. The number of likely N-dealkylation sites (N-methyl/N-ethyl adjacent to an activating group) is 1. The fourth-order valence-corrected chi connectivity index (χ4v) is 1.58. The first-order valence-electron chi connectivity index (χ1n) is 6.23. The number of carbonyl (C=O) groups is 1. The minimum Gasteiger partial charge on any atom is -0.493 e. The van der Waals surface area contributed by atoms with Gasteiger partial charge in [-0.25, -0.2) is 0 Å². The zero-order valence-electron chi connectivity index (χ0n) is 11.9. The van der Waals surface area contributed by atoms with Gasteiger partial charge in [-0.1, -0.05) is 6.07 Å². The van der Waals surface area contributed by atoms with E-state index in [0.717, 1.165) is 5.56 Å². The molecule has 0 aliphatic rings. The molecule has 0 saturated carbocycles. The van der Waals surface area contributed by atoms with Crippen LogP contribution in [0.4, 0.5) is 0 Å². The minimum absolute atomic E-state index is 0.189. The summed E-state index contributed by atoms with van der Waals surface area (Å²) < 4.78 is 15.8. The van der Waals surface area contributed by atoms with E-state index in [1.165, 1.54) is 0 Å². The molecule has 1 N–H and O–H groups in total. The monoisotopic (exact) mass is 267 g/mol.